The van der Waals surface area contributed by atoms with Gasteiger partial charge in [0.05, 0.1) is 6.54 Å². The first kappa shape index (κ1) is 22.0. The molecule has 2 heterocycles. The number of anilines is 1. The summed E-state index contributed by atoms with van der Waals surface area (Å²) in [7, 11) is 0. The van der Waals surface area contributed by atoms with E-state index < -0.39 is 12.7 Å². The van der Waals surface area contributed by atoms with E-state index in [0.717, 1.165) is 27.9 Å². The second-order valence-electron chi connectivity index (χ2n) is 7.81. The van der Waals surface area contributed by atoms with Gasteiger partial charge in [0, 0.05) is 44.3 Å². The van der Waals surface area contributed by atoms with Gasteiger partial charge < -0.3 is 4.90 Å². The molecule has 32 heavy (non-hydrogen) atoms. The molecule has 0 saturated carbocycles. The maximum Gasteiger partial charge on any atom is 0.401 e. The molecule has 1 aliphatic heterocycles. The van der Waals surface area contributed by atoms with Gasteiger partial charge in [0.15, 0.2) is 0 Å². The summed E-state index contributed by atoms with van der Waals surface area (Å²) >= 11 is 0. The minimum Gasteiger partial charge on any atom is -0.369 e. The van der Waals surface area contributed by atoms with Gasteiger partial charge in [-0.3, -0.25) is 9.88 Å². The fourth-order valence-electron chi connectivity index (χ4n) is 3.83. The van der Waals surface area contributed by atoms with E-state index in [1.807, 2.05) is 54.6 Å². The molecule has 1 aromatic heterocycles. The van der Waals surface area contributed by atoms with Crippen LogP contribution in [0.4, 0.5) is 23.2 Å². The maximum atomic E-state index is 14.1. The van der Waals surface area contributed by atoms with Crippen LogP contribution in [-0.2, 0) is 0 Å². The first-order chi connectivity index (χ1) is 15.4. The Bertz CT molecular complexity index is 1050. The summed E-state index contributed by atoms with van der Waals surface area (Å²) in [6.45, 7) is 1.05. The Kier molecular flexibility index (Phi) is 6.55. The highest BCUT2D eigenvalue weighted by Crippen LogP contribution is 2.24. The minimum atomic E-state index is -4.16. The minimum absolute atomic E-state index is 0.307. The van der Waals surface area contributed by atoms with E-state index in [1.165, 1.54) is 17.0 Å². The van der Waals surface area contributed by atoms with Gasteiger partial charge >= 0.3 is 6.18 Å². The zero-order valence-electron chi connectivity index (χ0n) is 17.4. The average molecular weight is 441 g/mol. The lowest BCUT2D eigenvalue weighted by Gasteiger charge is -2.36. The van der Waals surface area contributed by atoms with Gasteiger partial charge in [-0.05, 0) is 64.7 Å². The van der Waals surface area contributed by atoms with E-state index in [4.69, 9.17) is 0 Å². The number of nitrogens with zero attached hydrogens (tertiary/aromatic N) is 3. The molecule has 1 fully saturated rings. The molecule has 1 aliphatic rings. The van der Waals surface area contributed by atoms with Crippen LogP contribution in [0.1, 0.15) is 11.1 Å². The zero-order valence-corrected chi connectivity index (χ0v) is 17.4. The summed E-state index contributed by atoms with van der Waals surface area (Å²) < 4.78 is 51.7. The third-order valence-electron chi connectivity index (χ3n) is 5.44. The lowest BCUT2D eigenvalue weighted by molar-refractivity contribution is -0.146. The van der Waals surface area contributed by atoms with Gasteiger partial charge in [-0.15, -0.1) is 0 Å². The average Bonchev–Trinajstić information content (AvgIpc) is 2.78. The standard InChI is InChI=1S/C25H23F4N3/c26-23-16-20(15-22(17-23)21-7-9-30-10-8-21)2-1-19-3-5-24(6-4-19)32-13-11-31(12-14-32)18-25(27,28)29/h1-10,15-17H,11-14,18H2/b2-1+. The van der Waals surface area contributed by atoms with Crippen LogP contribution in [0.2, 0.25) is 0 Å². The Morgan fingerprint density at radius 3 is 2.09 bits per heavy atom. The molecule has 7 heteroatoms. The molecule has 0 N–H and O–H groups in total. The first-order valence-electron chi connectivity index (χ1n) is 10.4. The summed E-state index contributed by atoms with van der Waals surface area (Å²) in [5.74, 6) is -0.307. The van der Waals surface area contributed by atoms with Crippen molar-refractivity contribution in [2.45, 2.75) is 6.18 Å². The van der Waals surface area contributed by atoms with Crippen LogP contribution in [0.15, 0.2) is 67.0 Å². The number of hydrogen-bond acceptors (Lipinski definition) is 3. The third kappa shape index (κ3) is 5.95. The van der Waals surface area contributed by atoms with Crippen LogP contribution in [0.5, 0.6) is 0 Å². The van der Waals surface area contributed by atoms with Crippen LogP contribution in [0.25, 0.3) is 23.3 Å². The molecule has 0 bridgehead atoms. The molecule has 1 saturated heterocycles. The normalized spacial score (nSPS) is 15.4. The molecule has 0 radical (unpaired) electrons. The van der Waals surface area contributed by atoms with Crippen molar-refractivity contribution in [2.24, 2.45) is 0 Å². The van der Waals surface area contributed by atoms with Crippen LogP contribution in [0.3, 0.4) is 0 Å². The summed E-state index contributed by atoms with van der Waals surface area (Å²) in [6, 6.07) is 16.4. The highest BCUT2D eigenvalue weighted by atomic mass is 19.4. The van der Waals surface area contributed by atoms with Crippen molar-refractivity contribution in [3.8, 4) is 11.1 Å². The van der Waals surface area contributed by atoms with E-state index in [0.29, 0.717) is 26.2 Å². The van der Waals surface area contributed by atoms with Crippen molar-refractivity contribution in [3.05, 3.63) is 83.9 Å². The summed E-state index contributed by atoms with van der Waals surface area (Å²) in [5.41, 5.74) is 4.38. The summed E-state index contributed by atoms with van der Waals surface area (Å²) in [5, 5.41) is 0. The predicted octanol–water partition coefficient (Wildman–Crippen LogP) is 5.74. The predicted molar refractivity (Wildman–Crippen MR) is 120 cm³/mol. The Morgan fingerprint density at radius 2 is 1.44 bits per heavy atom. The van der Waals surface area contributed by atoms with Crippen molar-refractivity contribution >= 4 is 17.8 Å². The highest BCUT2D eigenvalue weighted by molar-refractivity contribution is 5.74. The fraction of sp³-hybridized carbons (Fsp3) is 0.240. The maximum absolute atomic E-state index is 14.1. The fourth-order valence-corrected chi connectivity index (χ4v) is 3.83. The van der Waals surface area contributed by atoms with E-state index in [2.05, 4.69) is 9.88 Å². The van der Waals surface area contributed by atoms with Crippen molar-refractivity contribution in [1.29, 1.82) is 0 Å². The number of aromatic nitrogens is 1. The van der Waals surface area contributed by atoms with Gasteiger partial charge in [0.25, 0.3) is 0 Å². The van der Waals surface area contributed by atoms with Crippen molar-refractivity contribution in [3.63, 3.8) is 0 Å². The second kappa shape index (κ2) is 9.53. The van der Waals surface area contributed by atoms with Gasteiger partial charge in [-0.1, -0.05) is 24.3 Å². The smallest absolute Gasteiger partial charge is 0.369 e. The second-order valence-corrected chi connectivity index (χ2v) is 7.81. The van der Waals surface area contributed by atoms with Crippen molar-refractivity contribution in [1.82, 2.24) is 9.88 Å². The molecule has 0 aliphatic carbocycles. The first-order valence-corrected chi connectivity index (χ1v) is 10.4. The molecular weight excluding hydrogens is 418 g/mol. The number of alkyl halides is 3. The third-order valence-corrected chi connectivity index (χ3v) is 5.44. The number of hydrogen-bond donors (Lipinski definition) is 0. The van der Waals surface area contributed by atoms with Crippen LogP contribution in [0, 0.1) is 5.82 Å². The number of piperazine rings is 1. The van der Waals surface area contributed by atoms with Crippen molar-refractivity contribution in [2.75, 3.05) is 37.6 Å². The van der Waals surface area contributed by atoms with Crippen molar-refractivity contribution < 1.29 is 17.6 Å². The summed E-state index contributed by atoms with van der Waals surface area (Å²) in [4.78, 5) is 7.52. The zero-order chi connectivity index (χ0) is 22.6. The Balaban J connectivity index is 1.40. The number of halogens is 4. The topological polar surface area (TPSA) is 19.4 Å². The lowest BCUT2D eigenvalue weighted by Crippen LogP contribution is -2.49. The van der Waals surface area contributed by atoms with E-state index in [1.54, 1.807) is 12.4 Å². The quantitative estimate of drug-likeness (QED) is 0.372. The van der Waals surface area contributed by atoms with Gasteiger partial charge in [0.1, 0.15) is 5.82 Å². The lowest BCUT2D eigenvalue weighted by atomic mass is 10.0. The Hall–Kier alpha value is -3.19. The molecule has 0 unspecified atom stereocenters. The Labute approximate surface area is 184 Å². The Morgan fingerprint density at radius 1 is 0.781 bits per heavy atom. The number of pyridine rings is 1. The van der Waals surface area contributed by atoms with Gasteiger partial charge in [0.2, 0.25) is 0 Å². The van der Waals surface area contributed by atoms with E-state index >= 15 is 0 Å². The molecule has 0 amide bonds. The molecule has 2 aromatic carbocycles. The highest BCUT2D eigenvalue weighted by Gasteiger charge is 2.32. The monoisotopic (exact) mass is 441 g/mol. The van der Waals surface area contributed by atoms with Crippen LogP contribution >= 0.6 is 0 Å². The van der Waals surface area contributed by atoms with Gasteiger partial charge in [-0.25, -0.2) is 4.39 Å². The largest absolute Gasteiger partial charge is 0.401 e. The summed E-state index contributed by atoms with van der Waals surface area (Å²) in [6.07, 6.45) is 2.96. The molecular formula is C25H23F4N3. The molecule has 3 aromatic rings. The molecule has 4 rings (SSSR count). The van der Waals surface area contributed by atoms with E-state index in [-0.39, 0.29) is 5.82 Å². The molecule has 166 valence electrons. The van der Waals surface area contributed by atoms with E-state index in [9.17, 15) is 17.6 Å². The molecule has 0 atom stereocenters. The SMILES string of the molecule is Fc1cc(/C=C/c2ccc(N3CCN(CC(F)(F)F)CC3)cc2)cc(-c2ccncc2)c1. The van der Waals surface area contributed by atoms with Gasteiger partial charge in [-0.2, -0.15) is 13.2 Å². The van der Waals surface area contributed by atoms with Crippen LogP contribution in [-0.4, -0.2) is 48.8 Å². The molecule has 0 spiro atoms. The van der Waals surface area contributed by atoms with Crippen LogP contribution < -0.4 is 4.90 Å². The number of rotatable bonds is 5. The number of benzene rings is 2. The molecule has 3 nitrogen and oxygen atoms in total.